The molecule has 31 heavy (non-hydrogen) atoms. The molecular weight excluding hydrogens is 441 g/mol. The summed E-state index contributed by atoms with van der Waals surface area (Å²) in [6.45, 7) is 8.59. The number of anilines is 1. The molecule has 0 radical (unpaired) electrons. The predicted octanol–water partition coefficient (Wildman–Crippen LogP) is 6.46. The molecular formula is C21H27F6N2OP. The van der Waals surface area contributed by atoms with Crippen LogP contribution in [0.1, 0.15) is 22.3 Å². The van der Waals surface area contributed by atoms with Crippen LogP contribution in [0.3, 0.4) is 0 Å². The van der Waals surface area contributed by atoms with Crippen LogP contribution < -0.4 is 4.90 Å². The van der Waals surface area contributed by atoms with Gasteiger partial charge in [-0.25, -0.2) is 4.90 Å². The quantitative estimate of drug-likeness (QED) is 0.310. The third kappa shape index (κ3) is 9.27. The molecule has 1 unspecified atom stereocenters. The van der Waals surface area contributed by atoms with E-state index in [9.17, 15) is 30.3 Å². The fraction of sp³-hybridized carbons (Fsp3) is 0.381. The van der Waals surface area contributed by atoms with Crippen molar-refractivity contribution in [2.45, 2.75) is 33.2 Å². The number of benzene rings is 2. The van der Waals surface area contributed by atoms with Crippen LogP contribution in [0.15, 0.2) is 42.5 Å². The maximum absolute atomic E-state index is 10.7. The Labute approximate surface area is 177 Å². The van der Waals surface area contributed by atoms with Gasteiger partial charge in [-0.05, 0) is 37.5 Å². The molecule has 1 heterocycles. The van der Waals surface area contributed by atoms with E-state index < -0.39 is 7.81 Å². The number of hydrogen-bond donors (Lipinski definition) is 1. The molecule has 0 amide bonds. The Morgan fingerprint density at radius 2 is 1.48 bits per heavy atom. The van der Waals surface area contributed by atoms with E-state index in [2.05, 4.69) is 73.0 Å². The average molecular weight is 468 g/mol. The van der Waals surface area contributed by atoms with Gasteiger partial charge in [0, 0.05) is 6.42 Å². The van der Waals surface area contributed by atoms with Crippen molar-refractivity contribution in [3.05, 3.63) is 64.7 Å². The Balaban J connectivity index is 0.000000423. The maximum atomic E-state index is 9.87. The van der Waals surface area contributed by atoms with E-state index in [0.717, 1.165) is 19.5 Å². The molecule has 1 aliphatic heterocycles. The molecule has 1 atom stereocenters. The monoisotopic (exact) mass is 468 g/mol. The average Bonchev–Trinajstić information content (AvgIpc) is 3.06. The summed E-state index contributed by atoms with van der Waals surface area (Å²) in [7, 11) is -10.7. The molecule has 0 saturated heterocycles. The zero-order valence-electron chi connectivity index (χ0n) is 17.6. The van der Waals surface area contributed by atoms with E-state index >= 15 is 0 Å². The summed E-state index contributed by atoms with van der Waals surface area (Å²) in [6, 6.07) is 15.0. The van der Waals surface area contributed by atoms with Gasteiger partial charge in [-0.15, -0.1) is 0 Å². The molecule has 10 heteroatoms. The van der Waals surface area contributed by atoms with E-state index in [4.69, 9.17) is 0 Å². The molecule has 1 N–H and O–H groups in total. The van der Waals surface area contributed by atoms with Gasteiger partial charge in [-0.3, -0.25) is 4.58 Å². The van der Waals surface area contributed by atoms with E-state index in [1.54, 1.807) is 0 Å². The summed E-state index contributed by atoms with van der Waals surface area (Å²) >= 11 is 0. The predicted molar refractivity (Wildman–Crippen MR) is 114 cm³/mol. The van der Waals surface area contributed by atoms with Crippen molar-refractivity contribution in [2.24, 2.45) is 0 Å². The van der Waals surface area contributed by atoms with Crippen molar-refractivity contribution < 1.29 is 34.9 Å². The second-order valence-corrected chi connectivity index (χ2v) is 9.70. The van der Waals surface area contributed by atoms with E-state index in [1.807, 2.05) is 6.07 Å². The topological polar surface area (TPSA) is 26.5 Å². The standard InChI is InChI=1S/C21H27N2O.F6P/c1-16-11-17(2)21(18(3)12-16)23-10-9-22(15-23)20(14-24)13-19-7-5-4-6-8-19;1-7(2,3,4,5)6/h4-8,11-12,15,20,24H,9-10,13-14H2,1-3H3;/q+1;-1. The summed E-state index contributed by atoms with van der Waals surface area (Å²) < 4.78 is 61.5. The third-order valence-electron chi connectivity index (χ3n) is 4.80. The van der Waals surface area contributed by atoms with E-state index in [0.29, 0.717) is 0 Å². The number of halogens is 6. The minimum absolute atomic E-state index is 0.128. The van der Waals surface area contributed by atoms with Gasteiger partial charge in [0.15, 0.2) is 0 Å². The Morgan fingerprint density at radius 1 is 0.968 bits per heavy atom. The van der Waals surface area contributed by atoms with Crippen molar-refractivity contribution in [1.82, 2.24) is 0 Å². The van der Waals surface area contributed by atoms with Crippen molar-refractivity contribution >= 4 is 19.8 Å². The summed E-state index contributed by atoms with van der Waals surface area (Å²) in [5, 5.41) is 9.87. The molecule has 2 aromatic rings. The summed E-state index contributed by atoms with van der Waals surface area (Å²) in [4.78, 5) is 2.33. The molecule has 3 rings (SSSR count). The molecule has 0 fully saturated rings. The molecule has 1 aliphatic rings. The zero-order chi connectivity index (χ0) is 23.5. The second kappa shape index (κ2) is 8.43. The van der Waals surface area contributed by atoms with Gasteiger partial charge in [-0.1, -0.05) is 48.0 Å². The van der Waals surface area contributed by atoms with Gasteiger partial charge in [0.25, 0.3) is 0 Å². The Morgan fingerprint density at radius 3 is 1.97 bits per heavy atom. The van der Waals surface area contributed by atoms with Crippen molar-refractivity contribution in [3.63, 3.8) is 0 Å². The zero-order valence-corrected chi connectivity index (χ0v) is 18.5. The first kappa shape index (κ1) is 25.1. The van der Waals surface area contributed by atoms with Crippen LogP contribution >= 0.6 is 7.81 Å². The van der Waals surface area contributed by atoms with Crippen LogP contribution in [0.25, 0.3) is 0 Å². The molecule has 0 spiro atoms. The van der Waals surface area contributed by atoms with Gasteiger partial charge >= 0.3 is 33.0 Å². The first-order valence-corrected chi connectivity index (χ1v) is 11.7. The number of aryl methyl sites for hydroxylation is 3. The van der Waals surface area contributed by atoms with Crippen LogP contribution in [-0.4, -0.2) is 41.8 Å². The number of nitrogens with zero attached hydrogens (tertiary/aromatic N) is 2. The van der Waals surface area contributed by atoms with Crippen LogP contribution in [0.4, 0.5) is 30.9 Å². The third-order valence-corrected chi connectivity index (χ3v) is 4.80. The summed E-state index contributed by atoms with van der Waals surface area (Å²) in [5.74, 6) is 0. The van der Waals surface area contributed by atoms with Gasteiger partial charge in [0.05, 0.1) is 6.61 Å². The van der Waals surface area contributed by atoms with Crippen molar-refractivity contribution in [3.8, 4) is 0 Å². The molecule has 174 valence electrons. The Bertz CT molecular complexity index is 911. The number of rotatable bonds is 5. The molecule has 3 nitrogen and oxygen atoms in total. The number of hydrogen-bond acceptors (Lipinski definition) is 2. The minimum atomic E-state index is -10.7. The van der Waals surface area contributed by atoms with Gasteiger partial charge < -0.3 is 5.11 Å². The van der Waals surface area contributed by atoms with Crippen LogP contribution in [0.2, 0.25) is 0 Å². The molecule has 0 bridgehead atoms. The van der Waals surface area contributed by atoms with Gasteiger partial charge in [-0.2, -0.15) is 0 Å². The summed E-state index contributed by atoms with van der Waals surface area (Å²) in [6.07, 6.45) is 3.06. The summed E-state index contributed by atoms with van der Waals surface area (Å²) in [5.41, 5.74) is 6.51. The molecule has 0 aromatic heterocycles. The van der Waals surface area contributed by atoms with E-state index in [1.165, 1.54) is 27.9 Å². The molecule has 0 saturated carbocycles. The van der Waals surface area contributed by atoms with Crippen LogP contribution in [0, 0.1) is 20.8 Å². The second-order valence-electron chi connectivity index (χ2n) is 7.78. The normalized spacial score (nSPS) is 17.2. The van der Waals surface area contributed by atoms with E-state index in [-0.39, 0.29) is 12.6 Å². The first-order chi connectivity index (χ1) is 14.0. The number of aliphatic hydroxyl groups is 1. The molecule has 0 aliphatic carbocycles. The number of aliphatic hydroxyl groups excluding tert-OH is 1. The fourth-order valence-corrected chi connectivity index (χ4v) is 3.76. The van der Waals surface area contributed by atoms with Gasteiger partial charge in [0.1, 0.15) is 24.8 Å². The van der Waals surface area contributed by atoms with Gasteiger partial charge in [0.2, 0.25) is 6.34 Å². The van der Waals surface area contributed by atoms with Crippen LogP contribution in [0.5, 0.6) is 0 Å². The fourth-order valence-electron chi connectivity index (χ4n) is 3.76. The Hall–Kier alpha value is -2.12. The first-order valence-electron chi connectivity index (χ1n) is 9.70. The molecule has 2 aromatic carbocycles. The van der Waals surface area contributed by atoms with Crippen molar-refractivity contribution in [2.75, 3.05) is 24.6 Å². The SMILES string of the molecule is Cc1cc(C)c(N2C=[N+](C(CO)Cc3ccccc3)CC2)c(C)c1.F[P-](F)(F)(F)(F)F. The van der Waals surface area contributed by atoms with Crippen LogP contribution in [-0.2, 0) is 6.42 Å². The Kier molecular flexibility index (Phi) is 6.84. The van der Waals surface area contributed by atoms with Crippen molar-refractivity contribution in [1.29, 1.82) is 0 Å².